The summed E-state index contributed by atoms with van der Waals surface area (Å²) in [5.74, 6) is 0.124. The van der Waals surface area contributed by atoms with Gasteiger partial charge in [-0.05, 0) is 11.6 Å². The average Bonchev–Trinajstić information content (AvgIpc) is 3.71. The van der Waals surface area contributed by atoms with Crippen LogP contribution in [-0.2, 0) is 27.6 Å². The number of rotatable bonds is 2. The van der Waals surface area contributed by atoms with Crippen LogP contribution in [0, 0.1) is 0 Å². The molecule has 218 valence electrons. The van der Waals surface area contributed by atoms with E-state index in [1.807, 2.05) is 0 Å². The molecule has 6 unspecified atom stereocenters. The fourth-order valence-corrected chi connectivity index (χ4v) is 6.78. The number of fused-ring (bicyclic) bond motifs is 4. The van der Waals surface area contributed by atoms with Gasteiger partial charge in [-0.25, -0.2) is 15.0 Å². The predicted octanol–water partition coefficient (Wildman–Crippen LogP) is 1.03. The number of aromatic amines is 1. The minimum absolute atomic E-state index is 0.0441. The van der Waals surface area contributed by atoms with E-state index in [9.17, 15) is 14.6 Å². The molecule has 0 saturated carbocycles. The molecule has 7 heterocycles. The predicted molar refractivity (Wildman–Crippen MR) is 140 cm³/mol. The highest BCUT2D eigenvalue weighted by Crippen LogP contribution is 2.47. The zero-order chi connectivity index (χ0) is 28.2. The number of hydrogen-bond donors (Lipinski definition) is 4. The molecular weight excluding hydrogens is 608 g/mol. The fraction of sp³-hybridized carbons (Fsp3) is 0.500. The molecule has 0 amide bonds. The Kier molecular flexibility index (Phi) is 7.33. The number of hydrogen-bond acceptors (Lipinski definition) is 15. The molecule has 0 aliphatic carbocycles. The van der Waals surface area contributed by atoms with Crippen LogP contribution in [0.15, 0.2) is 23.8 Å². The zero-order valence-electron chi connectivity index (χ0n) is 20.8. The SMILES string of the molecule is Nc1nc(Cl)nc2c1ncn2C1C[C@@H]2OP(O)OCC3OC(n4cnc5c(=O)[nH]cnc54)C[C@@H]3OP(O)OCC2O1. The van der Waals surface area contributed by atoms with Gasteiger partial charge in [0.05, 0.1) is 44.4 Å². The van der Waals surface area contributed by atoms with Gasteiger partial charge in [0.2, 0.25) is 5.28 Å². The van der Waals surface area contributed by atoms with E-state index in [4.69, 9.17) is 44.9 Å². The van der Waals surface area contributed by atoms with E-state index in [1.54, 1.807) is 9.13 Å². The van der Waals surface area contributed by atoms with E-state index >= 15 is 0 Å². The van der Waals surface area contributed by atoms with Crippen LogP contribution in [0.25, 0.3) is 22.3 Å². The summed E-state index contributed by atoms with van der Waals surface area (Å²) in [6.07, 6.45) is 0.688. The monoisotopic (exact) mass is 629 g/mol. The van der Waals surface area contributed by atoms with Gasteiger partial charge in [0.25, 0.3) is 5.56 Å². The zero-order valence-corrected chi connectivity index (χ0v) is 23.3. The molecule has 3 saturated heterocycles. The van der Waals surface area contributed by atoms with Crippen molar-refractivity contribution in [3.63, 3.8) is 0 Å². The summed E-state index contributed by atoms with van der Waals surface area (Å²) in [4.78, 5) is 56.5. The van der Waals surface area contributed by atoms with Crippen molar-refractivity contribution in [2.75, 3.05) is 18.9 Å². The van der Waals surface area contributed by atoms with Gasteiger partial charge >= 0.3 is 17.2 Å². The molecule has 0 bridgehead atoms. The molecule has 4 aromatic heterocycles. The third-order valence-corrected chi connectivity index (χ3v) is 8.73. The van der Waals surface area contributed by atoms with Crippen LogP contribution in [0.2, 0.25) is 5.28 Å². The molecule has 0 radical (unpaired) electrons. The second kappa shape index (κ2) is 11.0. The quantitative estimate of drug-likeness (QED) is 0.179. The Bertz CT molecular complexity index is 1640. The fourth-order valence-electron chi connectivity index (χ4n) is 5.03. The van der Waals surface area contributed by atoms with Crippen molar-refractivity contribution in [3.8, 4) is 0 Å². The molecule has 7 rings (SSSR count). The van der Waals surface area contributed by atoms with Crippen LogP contribution < -0.4 is 11.3 Å². The van der Waals surface area contributed by atoms with Crippen molar-refractivity contribution >= 4 is 57.0 Å². The number of imidazole rings is 2. The lowest BCUT2D eigenvalue weighted by Gasteiger charge is -2.26. The Balaban J connectivity index is 1.08. The molecule has 41 heavy (non-hydrogen) atoms. The number of nitrogens with zero attached hydrogens (tertiary/aromatic N) is 7. The van der Waals surface area contributed by atoms with E-state index in [1.165, 1.54) is 19.0 Å². The first kappa shape index (κ1) is 27.4. The Morgan fingerprint density at radius 1 is 0.878 bits per heavy atom. The van der Waals surface area contributed by atoms with Crippen molar-refractivity contribution in [1.29, 1.82) is 0 Å². The van der Waals surface area contributed by atoms with Crippen LogP contribution in [0.3, 0.4) is 0 Å². The molecule has 4 aromatic rings. The largest absolute Gasteiger partial charge is 0.382 e. The number of nitrogens with two attached hydrogens (primary N) is 1. The average molecular weight is 630 g/mol. The van der Waals surface area contributed by atoms with Gasteiger partial charge < -0.3 is 48.1 Å². The molecule has 3 fully saturated rings. The highest BCUT2D eigenvalue weighted by molar-refractivity contribution is 7.40. The molecule has 0 spiro atoms. The highest BCUT2D eigenvalue weighted by Gasteiger charge is 2.44. The second-order valence-corrected chi connectivity index (χ2v) is 11.6. The van der Waals surface area contributed by atoms with Crippen LogP contribution >= 0.6 is 28.8 Å². The summed E-state index contributed by atoms with van der Waals surface area (Å²) in [5, 5.41) is -0.0441. The molecule has 21 heteroatoms. The Hall–Kier alpha value is -2.47. The first-order valence-corrected chi connectivity index (χ1v) is 14.9. The van der Waals surface area contributed by atoms with Gasteiger partial charge in [-0.3, -0.25) is 13.9 Å². The third kappa shape index (κ3) is 5.19. The smallest absolute Gasteiger partial charge is 0.330 e. The minimum Gasteiger partial charge on any atom is -0.382 e. The van der Waals surface area contributed by atoms with Gasteiger partial charge in [0.1, 0.15) is 30.2 Å². The summed E-state index contributed by atoms with van der Waals surface area (Å²) < 4.78 is 38.4. The van der Waals surface area contributed by atoms with Crippen molar-refractivity contribution in [3.05, 3.63) is 34.6 Å². The third-order valence-electron chi connectivity index (χ3n) is 6.92. The van der Waals surface area contributed by atoms with Gasteiger partial charge in [0, 0.05) is 12.8 Å². The van der Waals surface area contributed by atoms with Gasteiger partial charge in [-0.1, -0.05) is 0 Å². The molecule has 0 aromatic carbocycles. The van der Waals surface area contributed by atoms with E-state index in [2.05, 4.69) is 29.9 Å². The lowest BCUT2D eigenvalue weighted by atomic mass is 10.2. The lowest BCUT2D eigenvalue weighted by Crippen LogP contribution is -2.31. The molecule has 8 atom stereocenters. The van der Waals surface area contributed by atoms with E-state index < -0.39 is 54.1 Å². The topological polar surface area (TPSA) is 229 Å². The maximum absolute atomic E-state index is 12.0. The van der Waals surface area contributed by atoms with E-state index in [0.29, 0.717) is 16.8 Å². The number of aromatic nitrogens is 8. The molecule has 18 nitrogen and oxygen atoms in total. The summed E-state index contributed by atoms with van der Waals surface area (Å²) in [6.45, 7) is -0.229. The summed E-state index contributed by atoms with van der Waals surface area (Å²) in [7, 11) is -4.72. The number of anilines is 1. The Labute approximate surface area is 236 Å². The van der Waals surface area contributed by atoms with Crippen LogP contribution in [0.1, 0.15) is 25.3 Å². The maximum Gasteiger partial charge on any atom is 0.330 e. The number of halogens is 1. The second-order valence-electron chi connectivity index (χ2n) is 9.34. The van der Waals surface area contributed by atoms with E-state index in [-0.39, 0.29) is 48.2 Å². The minimum atomic E-state index is -2.36. The number of H-pyrrole nitrogens is 1. The van der Waals surface area contributed by atoms with Crippen LogP contribution in [-0.4, -0.2) is 86.5 Å². The normalized spacial score (nSPS) is 33.0. The van der Waals surface area contributed by atoms with E-state index in [0.717, 1.165) is 0 Å². The molecule has 3 aliphatic rings. The van der Waals surface area contributed by atoms with Crippen molar-refractivity contribution in [1.82, 2.24) is 39.0 Å². The molecule has 5 N–H and O–H groups in total. The first-order chi connectivity index (χ1) is 19.8. The summed E-state index contributed by atoms with van der Waals surface area (Å²) >= 11 is 5.99. The molecule has 3 aliphatic heterocycles. The van der Waals surface area contributed by atoms with Crippen molar-refractivity contribution < 1.29 is 37.4 Å². The number of nitrogens with one attached hydrogen (secondary N) is 1. The number of ether oxygens (including phenoxy) is 2. The van der Waals surface area contributed by atoms with Crippen LogP contribution in [0.4, 0.5) is 5.82 Å². The van der Waals surface area contributed by atoms with Crippen LogP contribution in [0.5, 0.6) is 0 Å². The van der Waals surface area contributed by atoms with Gasteiger partial charge in [-0.2, -0.15) is 9.97 Å². The first-order valence-electron chi connectivity index (χ1n) is 12.3. The van der Waals surface area contributed by atoms with Crippen molar-refractivity contribution in [2.45, 2.75) is 49.7 Å². The maximum atomic E-state index is 12.0. The van der Waals surface area contributed by atoms with Crippen molar-refractivity contribution in [2.24, 2.45) is 0 Å². The standard InChI is InChI=1S/C20H22ClN9O9P2/c21-20-27-16(22)14-18(28-20)30(6-25-14)13-2-9-11(37-13)4-35-40(32)38-8-1-12(36-10(8)3-34-41(33)39-9)29-7-26-15-17(29)23-5-24-19(15)31/h5-13,32-33H,1-4H2,(H2,22,27,28)(H,23,24,31)/t8-,9-,10?,11?,12?,13?,40?,41?/m0/s1. The summed E-state index contributed by atoms with van der Waals surface area (Å²) in [6, 6.07) is 0. The molecular formula is C20H22ClN9O9P2. The van der Waals surface area contributed by atoms with Gasteiger partial charge in [-0.15, -0.1) is 0 Å². The highest BCUT2D eigenvalue weighted by atomic mass is 35.5. The van der Waals surface area contributed by atoms with Gasteiger partial charge in [0.15, 0.2) is 22.6 Å². The number of nitrogen functional groups attached to an aromatic ring is 1. The Morgan fingerprint density at radius 2 is 1.46 bits per heavy atom. The lowest BCUT2D eigenvalue weighted by molar-refractivity contribution is -0.0570. The summed E-state index contributed by atoms with van der Waals surface area (Å²) in [5.41, 5.74) is 6.74. The Morgan fingerprint density at radius 3 is 2.10 bits per heavy atom.